The van der Waals surface area contributed by atoms with Crippen LogP contribution in [0.25, 0.3) is 11.3 Å². The van der Waals surface area contributed by atoms with Crippen molar-refractivity contribution < 1.29 is 26.4 Å². The Kier molecular flexibility index (Phi) is 6.84. The van der Waals surface area contributed by atoms with Crippen molar-refractivity contribution in [2.24, 2.45) is 5.73 Å². The molecule has 0 aliphatic rings. The lowest BCUT2D eigenvalue weighted by Gasteiger charge is -2.26. The number of alkyl halides is 3. The summed E-state index contributed by atoms with van der Waals surface area (Å²) < 4.78 is 64.0. The Morgan fingerprint density at radius 1 is 1.25 bits per heavy atom. The van der Waals surface area contributed by atoms with E-state index in [-0.39, 0.29) is 11.3 Å². The molecule has 0 aliphatic heterocycles. The summed E-state index contributed by atoms with van der Waals surface area (Å²) in [6.45, 7) is 2.41. The molecular weight excluding hydrogens is 415 g/mol. The number of thiazole rings is 1. The number of rotatable bonds is 8. The Bertz CT molecular complexity index is 923. The van der Waals surface area contributed by atoms with Crippen molar-refractivity contribution >= 4 is 27.3 Å². The summed E-state index contributed by atoms with van der Waals surface area (Å²) in [6, 6.07) is 5.10. The largest absolute Gasteiger partial charge is 0.390 e. The zero-order valence-electron chi connectivity index (χ0n) is 15.2. The highest BCUT2D eigenvalue weighted by molar-refractivity contribution is 7.89. The second kappa shape index (κ2) is 8.58. The van der Waals surface area contributed by atoms with Crippen LogP contribution in [0.2, 0.25) is 0 Å². The average Bonchev–Trinajstić information content (AvgIpc) is 3.01. The number of halogens is 3. The fourth-order valence-corrected chi connectivity index (χ4v) is 4.95. The van der Waals surface area contributed by atoms with Gasteiger partial charge in [0, 0.05) is 23.5 Å². The Hall–Kier alpha value is -1.98. The lowest BCUT2D eigenvalue weighted by molar-refractivity contribution is -0.136. The summed E-state index contributed by atoms with van der Waals surface area (Å²) in [4.78, 5) is 15.1. The van der Waals surface area contributed by atoms with Gasteiger partial charge in [-0.2, -0.15) is 17.5 Å². The first-order valence-electron chi connectivity index (χ1n) is 8.32. The van der Waals surface area contributed by atoms with Crippen molar-refractivity contribution in [1.29, 1.82) is 0 Å². The summed E-state index contributed by atoms with van der Waals surface area (Å²) in [7, 11) is -4.08. The summed E-state index contributed by atoms with van der Waals surface area (Å²) >= 11 is 1.26. The molecule has 2 N–H and O–H groups in total. The van der Waals surface area contributed by atoms with Crippen LogP contribution in [0, 0.1) is 0 Å². The van der Waals surface area contributed by atoms with Crippen molar-refractivity contribution in [3.05, 3.63) is 34.7 Å². The fraction of sp³-hybridized carbons (Fsp3) is 0.412. The van der Waals surface area contributed by atoms with Crippen LogP contribution in [-0.2, 0) is 21.2 Å². The Labute approximate surface area is 165 Å². The van der Waals surface area contributed by atoms with Crippen LogP contribution < -0.4 is 5.73 Å². The number of hydrogen-bond acceptors (Lipinski definition) is 5. The monoisotopic (exact) mass is 435 g/mol. The lowest BCUT2D eigenvalue weighted by atomic mass is 10.2. The SMILES string of the molecule is CC(C)N(CCC(F)(F)F)S(=O)(=O)c1ccc(-c2csc(CC(N)=O)n2)cc1. The summed E-state index contributed by atoms with van der Waals surface area (Å²) in [5.74, 6) is -0.505. The maximum absolute atomic E-state index is 12.8. The van der Waals surface area contributed by atoms with E-state index in [4.69, 9.17) is 5.73 Å². The highest BCUT2D eigenvalue weighted by atomic mass is 32.2. The lowest BCUT2D eigenvalue weighted by Crippen LogP contribution is -2.39. The van der Waals surface area contributed by atoms with Crippen molar-refractivity contribution in [3.8, 4) is 11.3 Å². The number of nitrogens with zero attached hydrogens (tertiary/aromatic N) is 2. The zero-order chi connectivity index (χ0) is 21.1. The molecule has 154 valence electrons. The molecule has 1 aromatic carbocycles. The molecule has 0 spiro atoms. The molecule has 0 saturated carbocycles. The molecule has 6 nitrogen and oxygen atoms in total. The molecule has 28 heavy (non-hydrogen) atoms. The predicted octanol–water partition coefficient (Wildman–Crippen LogP) is 3.19. The van der Waals surface area contributed by atoms with E-state index < -0.39 is 41.1 Å². The Morgan fingerprint density at radius 3 is 2.36 bits per heavy atom. The van der Waals surface area contributed by atoms with Gasteiger partial charge in [-0.1, -0.05) is 12.1 Å². The van der Waals surface area contributed by atoms with Gasteiger partial charge < -0.3 is 5.73 Å². The third kappa shape index (κ3) is 5.76. The van der Waals surface area contributed by atoms with Crippen LogP contribution in [0.15, 0.2) is 34.5 Å². The molecule has 0 radical (unpaired) electrons. The van der Waals surface area contributed by atoms with Crippen LogP contribution in [-0.4, -0.2) is 42.4 Å². The molecule has 0 saturated heterocycles. The zero-order valence-corrected chi connectivity index (χ0v) is 16.9. The van der Waals surface area contributed by atoms with Crippen LogP contribution in [0.1, 0.15) is 25.3 Å². The highest BCUT2D eigenvalue weighted by Crippen LogP contribution is 2.27. The first-order valence-corrected chi connectivity index (χ1v) is 10.6. The van der Waals surface area contributed by atoms with E-state index in [0.717, 1.165) is 4.31 Å². The molecular formula is C17H20F3N3O3S2. The van der Waals surface area contributed by atoms with Gasteiger partial charge in [0.1, 0.15) is 5.01 Å². The number of hydrogen-bond donors (Lipinski definition) is 1. The van der Waals surface area contributed by atoms with E-state index >= 15 is 0 Å². The van der Waals surface area contributed by atoms with E-state index in [2.05, 4.69) is 4.98 Å². The van der Waals surface area contributed by atoms with Gasteiger partial charge >= 0.3 is 6.18 Å². The maximum atomic E-state index is 12.8. The minimum Gasteiger partial charge on any atom is -0.369 e. The highest BCUT2D eigenvalue weighted by Gasteiger charge is 2.33. The molecule has 0 atom stereocenters. The van der Waals surface area contributed by atoms with Gasteiger partial charge in [0.2, 0.25) is 15.9 Å². The van der Waals surface area contributed by atoms with Gasteiger partial charge in [0.05, 0.1) is 23.4 Å². The van der Waals surface area contributed by atoms with Crippen LogP contribution in [0.5, 0.6) is 0 Å². The second-order valence-corrected chi connectivity index (χ2v) is 9.20. The van der Waals surface area contributed by atoms with Crippen molar-refractivity contribution in [2.75, 3.05) is 6.54 Å². The van der Waals surface area contributed by atoms with Gasteiger partial charge in [-0.25, -0.2) is 13.4 Å². The molecule has 2 aromatic rings. The minimum atomic E-state index is -4.44. The first-order chi connectivity index (χ1) is 12.9. The molecule has 0 aliphatic carbocycles. The number of primary amides is 1. The fourth-order valence-electron chi connectivity index (χ4n) is 2.50. The Morgan fingerprint density at radius 2 is 1.86 bits per heavy atom. The van der Waals surface area contributed by atoms with Crippen molar-refractivity contribution in [1.82, 2.24) is 9.29 Å². The van der Waals surface area contributed by atoms with Gasteiger partial charge in [0.15, 0.2) is 0 Å². The standard InChI is InChI=1S/C17H20F3N3O3S2/c1-11(2)23(8-7-17(18,19)20)28(25,26)13-5-3-12(4-6-13)14-10-27-16(22-14)9-15(21)24/h3-6,10-11H,7-9H2,1-2H3,(H2,21,24). The second-order valence-electron chi connectivity index (χ2n) is 6.37. The van der Waals surface area contributed by atoms with E-state index in [1.54, 1.807) is 5.38 Å². The first kappa shape index (κ1) is 22.3. The minimum absolute atomic E-state index is 0.0136. The molecule has 0 fully saturated rings. The summed E-state index contributed by atoms with van der Waals surface area (Å²) in [5.41, 5.74) is 6.31. The summed E-state index contributed by atoms with van der Waals surface area (Å²) in [5, 5.41) is 2.25. The predicted molar refractivity (Wildman–Crippen MR) is 100 cm³/mol. The number of carbonyl (C=O) groups is 1. The molecule has 1 aromatic heterocycles. The van der Waals surface area contributed by atoms with Crippen LogP contribution in [0.3, 0.4) is 0 Å². The van der Waals surface area contributed by atoms with E-state index in [1.165, 1.54) is 49.4 Å². The van der Waals surface area contributed by atoms with E-state index in [0.29, 0.717) is 16.3 Å². The number of carbonyl (C=O) groups excluding carboxylic acids is 1. The van der Waals surface area contributed by atoms with Gasteiger partial charge in [-0.05, 0) is 26.0 Å². The number of benzene rings is 1. The normalized spacial score (nSPS) is 12.7. The molecule has 1 heterocycles. The molecule has 1 amide bonds. The molecule has 11 heteroatoms. The van der Waals surface area contributed by atoms with Crippen molar-refractivity contribution in [3.63, 3.8) is 0 Å². The average molecular weight is 435 g/mol. The van der Waals surface area contributed by atoms with E-state index in [1.807, 2.05) is 0 Å². The topological polar surface area (TPSA) is 93.4 Å². The number of amides is 1. The number of nitrogens with two attached hydrogens (primary N) is 1. The van der Waals surface area contributed by atoms with Crippen molar-refractivity contribution in [2.45, 2.75) is 43.8 Å². The third-order valence-corrected chi connectivity index (χ3v) is 6.76. The van der Waals surface area contributed by atoms with Gasteiger partial charge in [0.25, 0.3) is 0 Å². The molecule has 0 unspecified atom stereocenters. The quantitative estimate of drug-likeness (QED) is 0.689. The van der Waals surface area contributed by atoms with Gasteiger partial charge in [-0.15, -0.1) is 11.3 Å². The van der Waals surface area contributed by atoms with Gasteiger partial charge in [-0.3, -0.25) is 4.79 Å². The number of sulfonamides is 1. The van der Waals surface area contributed by atoms with E-state index in [9.17, 15) is 26.4 Å². The maximum Gasteiger partial charge on any atom is 0.390 e. The third-order valence-electron chi connectivity index (χ3n) is 3.83. The number of aromatic nitrogens is 1. The van der Waals surface area contributed by atoms with Crippen LogP contribution >= 0.6 is 11.3 Å². The van der Waals surface area contributed by atoms with Crippen LogP contribution in [0.4, 0.5) is 13.2 Å². The smallest absolute Gasteiger partial charge is 0.369 e. The molecule has 0 bridgehead atoms. The molecule has 2 rings (SSSR count). The summed E-state index contributed by atoms with van der Waals surface area (Å²) in [6.07, 6.45) is -5.65. The Balaban J connectivity index is 2.24.